The Morgan fingerprint density at radius 3 is 2.12 bits per heavy atom. The summed E-state index contributed by atoms with van der Waals surface area (Å²) < 4.78 is 34.5. The van der Waals surface area contributed by atoms with Crippen LogP contribution in [0.2, 0.25) is 5.02 Å². The normalized spacial score (nSPS) is 11.9. The zero-order valence-corrected chi connectivity index (χ0v) is 25.5. The van der Waals surface area contributed by atoms with E-state index in [0.29, 0.717) is 36.0 Å². The van der Waals surface area contributed by atoms with Gasteiger partial charge in [0.05, 0.1) is 17.2 Å². The first-order valence-corrected chi connectivity index (χ1v) is 15.6. The van der Waals surface area contributed by atoms with E-state index in [1.54, 1.807) is 60.7 Å². The first kappa shape index (κ1) is 32.0. The van der Waals surface area contributed by atoms with E-state index < -0.39 is 28.5 Å². The molecule has 8 nitrogen and oxygen atoms in total. The molecule has 0 spiro atoms. The van der Waals surface area contributed by atoms with Gasteiger partial charge in [-0.15, -0.1) is 0 Å². The summed E-state index contributed by atoms with van der Waals surface area (Å²) in [6.45, 7) is 8.03. The van der Waals surface area contributed by atoms with Gasteiger partial charge in [0.15, 0.2) is 0 Å². The van der Waals surface area contributed by atoms with E-state index in [0.717, 1.165) is 21.9 Å². The topological polar surface area (TPSA) is 96.0 Å². The lowest BCUT2D eigenvalue weighted by Crippen LogP contribution is -2.52. The van der Waals surface area contributed by atoms with E-state index in [9.17, 15) is 18.0 Å². The number of rotatable bonds is 14. The molecule has 1 atom stereocenters. The van der Waals surface area contributed by atoms with Crippen LogP contribution in [0.5, 0.6) is 5.75 Å². The minimum Gasteiger partial charge on any atom is -0.494 e. The molecule has 0 bridgehead atoms. The van der Waals surface area contributed by atoms with Gasteiger partial charge in [-0.25, -0.2) is 8.42 Å². The third-order valence-corrected chi connectivity index (χ3v) is 8.56. The van der Waals surface area contributed by atoms with Gasteiger partial charge in [-0.2, -0.15) is 0 Å². The SMILES string of the molecule is CCCNC(=O)C(CC)N(Cc1ccc(Cl)cc1)C(=O)CN(c1ccc(OCC)cc1)S(=O)(=O)c1ccc(C)cc1. The Morgan fingerprint density at radius 1 is 0.927 bits per heavy atom. The van der Waals surface area contributed by atoms with Gasteiger partial charge >= 0.3 is 0 Å². The largest absolute Gasteiger partial charge is 0.494 e. The number of carbonyl (C=O) groups is 2. The molecule has 3 rings (SSSR count). The van der Waals surface area contributed by atoms with E-state index >= 15 is 0 Å². The minimum absolute atomic E-state index is 0.0572. The van der Waals surface area contributed by atoms with Crippen molar-refractivity contribution in [1.82, 2.24) is 10.2 Å². The maximum absolute atomic E-state index is 14.1. The number of hydrogen-bond donors (Lipinski definition) is 1. The monoisotopic (exact) mass is 599 g/mol. The van der Waals surface area contributed by atoms with Crippen molar-refractivity contribution in [3.63, 3.8) is 0 Å². The van der Waals surface area contributed by atoms with Gasteiger partial charge < -0.3 is 15.0 Å². The highest BCUT2D eigenvalue weighted by Gasteiger charge is 2.33. The van der Waals surface area contributed by atoms with Crippen molar-refractivity contribution in [1.29, 1.82) is 0 Å². The standard InChI is InChI=1S/C31H38ClN3O5S/c1-5-20-33-31(37)29(6-2)34(21-24-10-12-25(32)13-11-24)30(36)22-35(26-14-16-27(17-15-26)40-7-3)41(38,39)28-18-8-23(4)9-19-28/h8-19,29H,5-7,20-22H2,1-4H3,(H,33,37). The Kier molecular flexibility index (Phi) is 11.6. The summed E-state index contributed by atoms with van der Waals surface area (Å²) in [5.41, 5.74) is 1.97. The number of nitrogens with zero attached hydrogens (tertiary/aromatic N) is 2. The average Bonchev–Trinajstić information content (AvgIpc) is 2.96. The molecule has 3 aromatic carbocycles. The number of amides is 2. The summed E-state index contributed by atoms with van der Waals surface area (Å²) in [5, 5.41) is 3.42. The summed E-state index contributed by atoms with van der Waals surface area (Å²) >= 11 is 6.07. The highest BCUT2D eigenvalue weighted by atomic mass is 35.5. The number of anilines is 1. The third kappa shape index (κ3) is 8.47. The number of hydrogen-bond acceptors (Lipinski definition) is 5. The van der Waals surface area contributed by atoms with Gasteiger partial charge in [-0.05, 0) is 80.8 Å². The fraction of sp³-hybridized carbons (Fsp3) is 0.355. The molecule has 0 saturated carbocycles. The molecule has 3 aromatic rings. The summed E-state index contributed by atoms with van der Waals surface area (Å²) in [7, 11) is -4.14. The van der Waals surface area contributed by atoms with Crippen LogP contribution in [0.4, 0.5) is 5.69 Å². The van der Waals surface area contributed by atoms with E-state index in [1.165, 1.54) is 17.0 Å². The summed E-state index contributed by atoms with van der Waals surface area (Å²) in [4.78, 5) is 28.7. The van der Waals surface area contributed by atoms with E-state index in [4.69, 9.17) is 16.3 Å². The number of benzene rings is 3. The van der Waals surface area contributed by atoms with Crippen LogP contribution < -0.4 is 14.4 Å². The minimum atomic E-state index is -4.14. The van der Waals surface area contributed by atoms with E-state index in [1.807, 2.05) is 27.7 Å². The molecule has 0 heterocycles. The van der Waals surface area contributed by atoms with Crippen LogP contribution in [0.15, 0.2) is 77.7 Å². The molecular formula is C31H38ClN3O5S. The highest BCUT2D eigenvalue weighted by molar-refractivity contribution is 7.92. The quantitative estimate of drug-likeness (QED) is 0.261. The fourth-order valence-corrected chi connectivity index (χ4v) is 5.85. The van der Waals surface area contributed by atoms with Crippen molar-refractivity contribution in [2.45, 2.75) is 58.0 Å². The molecule has 0 aliphatic carbocycles. The van der Waals surface area contributed by atoms with Crippen LogP contribution in [0.3, 0.4) is 0 Å². The Balaban J connectivity index is 2.04. The average molecular weight is 600 g/mol. The van der Waals surface area contributed by atoms with Crippen molar-refractivity contribution < 1.29 is 22.7 Å². The Morgan fingerprint density at radius 2 is 1.56 bits per heavy atom. The lowest BCUT2D eigenvalue weighted by molar-refractivity contribution is -0.140. The first-order chi connectivity index (χ1) is 19.6. The van der Waals surface area contributed by atoms with Crippen molar-refractivity contribution in [3.05, 3.63) is 88.9 Å². The molecule has 220 valence electrons. The molecule has 0 fully saturated rings. The predicted octanol–water partition coefficient (Wildman–Crippen LogP) is 5.58. The molecule has 0 aliphatic rings. The van der Waals surface area contributed by atoms with Gasteiger partial charge in [-0.1, -0.05) is 55.3 Å². The highest BCUT2D eigenvalue weighted by Crippen LogP contribution is 2.27. The van der Waals surface area contributed by atoms with Crippen molar-refractivity contribution in [2.75, 3.05) is 24.0 Å². The van der Waals surface area contributed by atoms with Crippen LogP contribution in [0.1, 0.15) is 44.7 Å². The molecule has 0 radical (unpaired) electrons. The molecule has 0 aromatic heterocycles. The maximum Gasteiger partial charge on any atom is 0.264 e. The molecular weight excluding hydrogens is 562 g/mol. The van der Waals surface area contributed by atoms with Gasteiger partial charge in [-0.3, -0.25) is 13.9 Å². The van der Waals surface area contributed by atoms with Crippen LogP contribution in [0.25, 0.3) is 0 Å². The number of aryl methyl sites for hydroxylation is 1. The number of ether oxygens (including phenoxy) is 1. The van der Waals surface area contributed by atoms with Crippen molar-refractivity contribution >= 4 is 39.1 Å². The summed E-state index contributed by atoms with van der Waals surface area (Å²) in [6, 6.07) is 19.2. The summed E-state index contributed by atoms with van der Waals surface area (Å²) in [6.07, 6.45) is 1.09. The van der Waals surface area contributed by atoms with Crippen LogP contribution in [0, 0.1) is 6.92 Å². The number of sulfonamides is 1. The smallest absolute Gasteiger partial charge is 0.264 e. The second-order valence-electron chi connectivity index (χ2n) is 9.61. The van der Waals surface area contributed by atoms with Gasteiger partial charge in [0.25, 0.3) is 10.0 Å². The van der Waals surface area contributed by atoms with Gasteiger partial charge in [0, 0.05) is 18.1 Å². The van der Waals surface area contributed by atoms with Gasteiger partial charge in [0.1, 0.15) is 18.3 Å². The van der Waals surface area contributed by atoms with Crippen molar-refractivity contribution in [2.24, 2.45) is 0 Å². The number of halogens is 1. The third-order valence-electron chi connectivity index (χ3n) is 6.52. The van der Waals surface area contributed by atoms with Gasteiger partial charge in [0.2, 0.25) is 11.8 Å². The maximum atomic E-state index is 14.1. The Labute approximate surface area is 248 Å². The molecule has 1 N–H and O–H groups in total. The van der Waals surface area contributed by atoms with Crippen molar-refractivity contribution in [3.8, 4) is 5.75 Å². The fourth-order valence-electron chi connectivity index (χ4n) is 4.31. The van der Waals surface area contributed by atoms with Crippen LogP contribution in [-0.2, 0) is 26.2 Å². The zero-order valence-electron chi connectivity index (χ0n) is 24.0. The molecule has 0 aliphatic heterocycles. The van der Waals surface area contributed by atoms with Crippen LogP contribution >= 0.6 is 11.6 Å². The molecule has 1 unspecified atom stereocenters. The second kappa shape index (κ2) is 14.9. The summed E-state index contributed by atoms with van der Waals surface area (Å²) in [5.74, 6) is -0.216. The number of carbonyl (C=O) groups excluding carboxylic acids is 2. The Hall–Kier alpha value is -3.56. The lowest BCUT2D eigenvalue weighted by atomic mass is 10.1. The number of nitrogens with one attached hydrogen (secondary N) is 1. The van der Waals surface area contributed by atoms with E-state index in [-0.39, 0.29) is 17.3 Å². The molecule has 10 heteroatoms. The zero-order chi connectivity index (χ0) is 30.0. The first-order valence-electron chi connectivity index (χ1n) is 13.7. The second-order valence-corrected chi connectivity index (χ2v) is 11.9. The predicted molar refractivity (Wildman–Crippen MR) is 163 cm³/mol. The molecule has 2 amide bonds. The Bertz CT molecular complexity index is 1400. The van der Waals surface area contributed by atoms with E-state index in [2.05, 4.69) is 5.32 Å². The molecule has 41 heavy (non-hydrogen) atoms. The molecule has 0 saturated heterocycles. The lowest BCUT2D eigenvalue weighted by Gasteiger charge is -2.33. The van der Waals surface area contributed by atoms with Crippen LogP contribution in [-0.4, -0.2) is 50.9 Å².